The molecule has 0 amide bonds. The van der Waals surface area contributed by atoms with Crippen LogP contribution in [0.25, 0.3) is 5.70 Å². The van der Waals surface area contributed by atoms with Gasteiger partial charge >= 0.3 is 0 Å². The Balaban J connectivity index is 2.10. The fourth-order valence-corrected chi connectivity index (χ4v) is 3.26. The molecule has 2 aromatic carbocycles. The second kappa shape index (κ2) is 10.6. The summed E-state index contributed by atoms with van der Waals surface area (Å²) in [5.41, 5.74) is 7.52. The second-order valence-corrected chi connectivity index (χ2v) is 7.60. The SMILES string of the molecule is CCc1ccc(C2=NC(C)=NC=NC(C)=N/C(c3ccc(CC)cc3)=C\C(C)=C\2)cc1. The maximum Gasteiger partial charge on any atom is 0.127 e. The summed E-state index contributed by atoms with van der Waals surface area (Å²) in [6.07, 6.45) is 7.72. The lowest BCUT2D eigenvalue weighted by Gasteiger charge is -2.08. The third-order valence-electron chi connectivity index (χ3n) is 5.10. The molecule has 1 aliphatic heterocycles. The highest BCUT2D eigenvalue weighted by molar-refractivity contribution is 6.14. The van der Waals surface area contributed by atoms with Gasteiger partial charge < -0.3 is 0 Å². The Kier molecular flexibility index (Phi) is 7.60. The maximum atomic E-state index is 4.76. The largest absolute Gasteiger partial charge is 0.233 e. The molecule has 0 fully saturated rings. The number of hydrogen-bond donors (Lipinski definition) is 0. The first-order valence-corrected chi connectivity index (χ1v) is 10.8. The van der Waals surface area contributed by atoms with E-state index in [-0.39, 0.29) is 0 Å². The van der Waals surface area contributed by atoms with Crippen molar-refractivity contribution in [2.24, 2.45) is 20.0 Å². The number of rotatable bonds is 4. The van der Waals surface area contributed by atoms with Gasteiger partial charge in [0.2, 0.25) is 0 Å². The second-order valence-electron chi connectivity index (χ2n) is 7.60. The minimum Gasteiger partial charge on any atom is -0.233 e. The predicted molar refractivity (Wildman–Crippen MR) is 135 cm³/mol. The molecule has 0 aliphatic carbocycles. The van der Waals surface area contributed by atoms with Gasteiger partial charge in [-0.05, 0) is 62.5 Å². The smallest absolute Gasteiger partial charge is 0.127 e. The molecule has 0 unspecified atom stereocenters. The molecule has 3 rings (SSSR count). The molecular formula is C27H30N4. The summed E-state index contributed by atoms with van der Waals surface area (Å²) >= 11 is 0. The van der Waals surface area contributed by atoms with E-state index in [1.54, 1.807) is 0 Å². The van der Waals surface area contributed by atoms with Crippen LogP contribution in [0, 0.1) is 0 Å². The summed E-state index contributed by atoms with van der Waals surface area (Å²) < 4.78 is 0. The molecule has 2 aromatic rings. The van der Waals surface area contributed by atoms with Gasteiger partial charge in [0, 0.05) is 11.1 Å². The summed E-state index contributed by atoms with van der Waals surface area (Å²) in [7, 11) is 0. The summed E-state index contributed by atoms with van der Waals surface area (Å²) in [5, 5.41) is 0. The van der Waals surface area contributed by atoms with Crippen molar-refractivity contribution >= 4 is 29.4 Å². The third-order valence-corrected chi connectivity index (χ3v) is 5.10. The number of allylic oxidation sites excluding steroid dienone is 3. The highest BCUT2D eigenvalue weighted by Crippen LogP contribution is 2.21. The van der Waals surface area contributed by atoms with E-state index in [2.05, 4.69) is 91.4 Å². The van der Waals surface area contributed by atoms with Crippen LogP contribution in [0.15, 0.2) is 86.2 Å². The van der Waals surface area contributed by atoms with Gasteiger partial charge in [0.25, 0.3) is 0 Å². The van der Waals surface area contributed by atoms with Crippen LogP contribution >= 0.6 is 0 Å². The van der Waals surface area contributed by atoms with Crippen molar-refractivity contribution in [3.8, 4) is 0 Å². The average molecular weight is 411 g/mol. The Bertz CT molecular complexity index is 1050. The van der Waals surface area contributed by atoms with E-state index in [4.69, 9.17) is 9.98 Å². The summed E-state index contributed by atoms with van der Waals surface area (Å²) in [4.78, 5) is 18.3. The van der Waals surface area contributed by atoms with E-state index >= 15 is 0 Å². The van der Waals surface area contributed by atoms with Gasteiger partial charge in [-0.2, -0.15) is 0 Å². The fourth-order valence-electron chi connectivity index (χ4n) is 3.26. The first-order valence-electron chi connectivity index (χ1n) is 10.8. The van der Waals surface area contributed by atoms with Crippen LogP contribution < -0.4 is 0 Å². The van der Waals surface area contributed by atoms with Gasteiger partial charge in [-0.25, -0.2) is 20.0 Å². The summed E-state index contributed by atoms with van der Waals surface area (Å²) in [6, 6.07) is 17.1. The van der Waals surface area contributed by atoms with E-state index in [0.29, 0.717) is 11.7 Å². The lowest BCUT2D eigenvalue weighted by Crippen LogP contribution is -2.03. The van der Waals surface area contributed by atoms with Crippen molar-refractivity contribution in [3.63, 3.8) is 0 Å². The quantitative estimate of drug-likeness (QED) is 0.555. The molecule has 1 heterocycles. The molecule has 0 saturated heterocycles. The molecule has 0 radical (unpaired) electrons. The normalized spacial score (nSPS) is 18.4. The summed E-state index contributed by atoms with van der Waals surface area (Å²) in [5.74, 6) is 1.30. The lowest BCUT2D eigenvalue weighted by atomic mass is 10.0. The highest BCUT2D eigenvalue weighted by Gasteiger charge is 2.06. The molecular weight excluding hydrogens is 380 g/mol. The van der Waals surface area contributed by atoms with E-state index in [0.717, 1.165) is 41.0 Å². The van der Waals surface area contributed by atoms with E-state index < -0.39 is 0 Å². The van der Waals surface area contributed by atoms with Gasteiger partial charge in [-0.15, -0.1) is 0 Å². The van der Waals surface area contributed by atoms with Crippen LogP contribution in [-0.2, 0) is 12.8 Å². The van der Waals surface area contributed by atoms with E-state index in [9.17, 15) is 0 Å². The molecule has 4 heteroatoms. The Morgan fingerprint density at radius 1 is 0.645 bits per heavy atom. The molecule has 1 aliphatic rings. The molecule has 4 nitrogen and oxygen atoms in total. The standard InChI is InChI=1S/C27H30N4/c1-6-22-8-12-24(13-9-22)26-16-19(3)17-27(25-14-10-23(7-2)11-15-25)31-21(5)29-18-28-20(4)30-26/h8-18H,6-7H2,1-5H3/b19-16+,19-17?,26-16?,27-17-,28-18?,28-20?,29-18?,29-21?,30-20?,30-26?,31-21?,31-27?. The summed E-state index contributed by atoms with van der Waals surface area (Å²) in [6.45, 7) is 10.1. The topological polar surface area (TPSA) is 49.4 Å². The van der Waals surface area contributed by atoms with Crippen LogP contribution in [0.2, 0.25) is 0 Å². The fraction of sp³-hybridized carbons (Fsp3) is 0.259. The number of nitrogens with zero attached hydrogens (tertiary/aromatic N) is 4. The van der Waals surface area contributed by atoms with Crippen molar-refractivity contribution in [3.05, 3.63) is 88.5 Å². The van der Waals surface area contributed by atoms with Crippen molar-refractivity contribution in [2.45, 2.75) is 47.5 Å². The Morgan fingerprint density at radius 3 is 1.81 bits per heavy atom. The Hall–Kier alpha value is -3.40. The minimum atomic E-state index is 0.648. The van der Waals surface area contributed by atoms with Crippen molar-refractivity contribution < 1.29 is 0 Å². The number of amidine groups is 2. The van der Waals surface area contributed by atoms with Crippen LogP contribution in [0.5, 0.6) is 0 Å². The number of benzene rings is 2. The lowest BCUT2D eigenvalue weighted by molar-refractivity contribution is 1.14. The van der Waals surface area contributed by atoms with E-state index in [1.165, 1.54) is 17.5 Å². The number of aryl methyl sites for hydroxylation is 2. The molecule has 31 heavy (non-hydrogen) atoms. The predicted octanol–water partition coefficient (Wildman–Crippen LogP) is 6.47. The van der Waals surface area contributed by atoms with Crippen LogP contribution in [0.1, 0.15) is 56.9 Å². The number of aliphatic imine (C=N–C) groups is 4. The zero-order valence-electron chi connectivity index (χ0n) is 19.1. The van der Waals surface area contributed by atoms with Gasteiger partial charge in [0.05, 0.1) is 11.4 Å². The first kappa shape index (κ1) is 22.3. The zero-order valence-corrected chi connectivity index (χ0v) is 19.1. The monoisotopic (exact) mass is 410 g/mol. The van der Waals surface area contributed by atoms with Gasteiger partial charge in [0.15, 0.2) is 0 Å². The van der Waals surface area contributed by atoms with Crippen LogP contribution in [0.4, 0.5) is 0 Å². The molecule has 158 valence electrons. The maximum absolute atomic E-state index is 4.76. The molecule has 0 spiro atoms. The van der Waals surface area contributed by atoms with E-state index in [1.807, 2.05) is 13.8 Å². The van der Waals surface area contributed by atoms with Crippen LogP contribution in [0.3, 0.4) is 0 Å². The molecule has 0 bridgehead atoms. The van der Waals surface area contributed by atoms with Gasteiger partial charge in [0.1, 0.15) is 18.0 Å². The minimum absolute atomic E-state index is 0.648. The average Bonchev–Trinajstić information content (AvgIpc) is 2.77. The van der Waals surface area contributed by atoms with Crippen LogP contribution in [-0.4, -0.2) is 23.7 Å². The van der Waals surface area contributed by atoms with Crippen molar-refractivity contribution in [1.82, 2.24) is 0 Å². The Morgan fingerprint density at radius 2 is 1.23 bits per heavy atom. The molecule has 0 aromatic heterocycles. The molecule has 0 saturated carbocycles. The zero-order chi connectivity index (χ0) is 22.2. The van der Waals surface area contributed by atoms with Gasteiger partial charge in [-0.1, -0.05) is 62.4 Å². The highest BCUT2D eigenvalue weighted by atomic mass is 15.0. The van der Waals surface area contributed by atoms with Crippen molar-refractivity contribution in [2.75, 3.05) is 0 Å². The van der Waals surface area contributed by atoms with Gasteiger partial charge in [-0.3, -0.25) is 0 Å². The number of hydrogen-bond acceptors (Lipinski definition) is 4. The first-order chi connectivity index (χ1) is 15.0. The Labute approximate surface area is 185 Å². The third kappa shape index (κ3) is 6.29. The molecule has 0 N–H and O–H groups in total. The van der Waals surface area contributed by atoms with Crippen molar-refractivity contribution in [1.29, 1.82) is 0 Å². The molecule has 0 atom stereocenters.